The second-order valence-corrected chi connectivity index (χ2v) is 3.84. The Morgan fingerprint density at radius 2 is 2.17 bits per heavy atom. The van der Waals surface area contributed by atoms with Crippen molar-refractivity contribution in [2.45, 2.75) is 6.42 Å². The molecular formula is C13H13N3O2. The van der Waals surface area contributed by atoms with Crippen LogP contribution in [0.15, 0.2) is 42.6 Å². The minimum Gasteiger partial charge on any atom is -0.504 e. The Morgan fingerprint density at radius 1 is 1.33 bits per heavy atom. The topological polar surface area (TPSA) is 88.2 Å². The molecule has 0 spiro atoms. The summed E-state index contributed by atoms with van der Waals surface area (Å²) in [5.74, 6) is -0.153. The fourth-order valence-corrected chi connectivity index (χ4v) is 1.56. The fraction of sp³-hybridized carbons (Fsp3) is 0.0769. The molecule has 1 amide bonds. The quantitative estimate of drug-likeness (QED) is 0.714. The first-order valence-corrected chi connectivity index (χ1v) is 5.43. The smallest absolute Gasteiger partial charge is 0.230 e. The Labute approximate surface area is 104 Å². The summed E-state index contributed by atoms with van der Waals surface area (Å²) in [6, 6.07) is 10.1. The van der Waals surface area contributed by atoms with Gasteiger partial charge in [-0.2, -0.15) is 0 Å². The van der Waals surface area contributed by atoms with Gasteiger partial charge in [-0.15, -0.1) is 0 Å². The van der Waals surface area contributed by atoms with Gasteiger partial charge in [0.2, 0.25) is 5.91 Å². The predicted octanol–water partition coefficient (Wildman–Crippen LogP) is 1.55. The molecular weight excluding hydrogens is 230 g/mol. The highest BCUT2D eigenvalue weighted by atomic mass is 16.3. The third-order valence-electron chi connectivity index (χ3n) is 2.36. The number of nitrogens with two attached hydrogens (primary N) is 1. The summed E-state index contributed by atoms with van der Waals surface area (Å²) in [4.78, 5) is 15.6. The Balaban J connectivity index is 2.03. The van der Waals surface area contributed by atoms with E-state index < -0.39 is 0 Å². The maximum absolute atomic E-state index is 11.7. The van der Waals surface area contributed by atoms with Gasteiger partial charge in [-0.25, -0.2) is 4.98 Å². The van der Waals surface area contributed by atoms with Crippen LogP contribution in [-0.4, -0.2) is 16.0 Å². The molecule has 0 bridgehead atoms. The SMILES string of the molecule is Nc1cccc(CC(=O)Nc2ncccc2O)c1. The van der Waals surface area contributed by atoms with Crippen LogP contribution in [0.25, 0.3) is 0 Å². The van der Waals surface area contributed by atoms with Gasteiger partial charge in [0.05, 0.1) is 6.42 Å². The monoisotopic (exact) mass is 243 g/mol. The lowest BCUT2D eigenvalue weighted by Gasteiger charge is -2.06. The van der Waals surface area contributed by atoms with Crippen molar-refractivity contribution in [3.8, 4) is 5.75 Å². The number of hydrogen-bond acceptors (Lipinski definition) is 4. The van der Waals surface area contributed by atoms with E-state index >= 15 is 0 Å². The van der Waals surface area contributed by atoms with Gasteiger partial charge in [0, 0.05) is 11.9 Å². The minimum atomic E-state index is -0.255. The fourth-order valence-electron chi connectivity index (χ4n) is 1.56. The van der Waals surface area contributed by atoms with Gasteiger partial charge in [-0.3, -0.25) is 4.79 Å². The molecule has 1 heterocycles. The molecule has 0 aliphatic rings. The van der Waals surface area contributed by atoms with Crippen LogP contribution in [0, 0.1) is 0 Å². The van der Waals surface area contributed by atoms with Crippen molar-refractivity contribution < 1.29 is 9.90 Å². The number of nitrogen functional groups attached to an aromatic ring is 1. The van der Waals surface area contributed by atoms with E-state index in [1.54, 1.807) is 24.3 Å². The highest BCUT2D eigenvalue weighted by molar-refractivity contribution is 5.92. The maximum atomic E-state index is 11.7. The molecule has 92 valence electrons. The summed E-state index contributed by atoms with van der Waals surface area (Å²) in [7, 11) is 0. The summed E-state index contributed by atoms with van der Waals surface area (Å²) in [5, 5.41) is 12.0. The van der Waals surface area contributed by atoms with Crippen molar-refractivity contribution in [3.63, 3.8) is 0 Å². The molecule has 18 heavy (non-hydrogen) atoms. The van der Waals surface area contributed by atoms with E-state index in [9.17, 15) is 9.90 Å². The summed E-state index contributed by atoms with van der Waals surface area (Å²) in [5.41, 5.74) is 7.05. The van der Waals surface area contributed by atoms with Crippen LogP contribution in [-0.2, 0) is 11.2 Å². The van der Waals surface area contributed by atoms with E-state index in [4.69, 9.17) is 5.73 Å². The molecule has 0 radical (unpaired) electrons. The Hall–Kier alpha value is -2.56. The second kappa shape index (κ2) is 5.18. The number of hydrogen-bond donors (Lipinski definition) is 3. The zero-order valence-corrected chi connectivity index (χ0v) is 9.63. The van der Waals surface area contributed by atoms with E-state index in [2.05, 4.69) is 10.3 Å². The van der Waals surface area contributed by atoms with Crippen molar-refractivity contribution in [1.82, 2.24) is 4.98 Å². The molecule has 5 nitrogen and oxygen atoms in total. The predicted molar refractivity (Wildman–Crippen MR) is 69.1 cm³/mol. The number of rotatable bonds is 3. The van der Waals surface area contributed by atoms with Gasteiger partial charge >= 0.3 is 0 Å². The van der Waals surface area contributed by atoms with E-state index in [1.807, 2.05) is 6.07 Å². The molecule has 4 N–H and O–H groups in total. The normalized spacial score (nSPS) is 10.0. The molecule has 0 saturated heterocycles. The number of benzene rings is 1. The largest absolute Gasteiger partial charge is 0.504 e. The van der Waals surface area contributed by atoms with Crippen LogP contribution in [0.5, 0.6) is 5.75 Å². The number of aromatic hydroxyl groups is 1. The lowest BCUT2D eigenvalue weighted by atomic mass is 10.1. The lowest BCUT2D eigenvalue weighted by molar-refractivity contribution is -0.115. The number of carbonyl (C=O) groups is 1. The Bertz CT molecular complexity index is 570. The highest BCUT2D eigenvalue weighted by Gasteiger charge is 2.07. The number of amides is 1. The maximum Gasteiger partial charge on any atom is 0.230 e. The van der Waals surface area contributed by atoms with E-state index in [0.29, 0.717) is 5.69 Å². The lowest BCUT2D eigenvalue weighted by Crippen LogP contribution is -2.15. The zero-order valence-electron chi connectivity index (χ0n) is 9.63. The molecule has 0 unspecified atom stereocenters. The van der Waals surface area contributed by atoms with E-state index in [0.717, 1.165) is 5.56 Å². The number of pyridine rings is 1. The first-order valence-electron chi connectivity index (χ1n) is 5.43. The molecule has 0 aliphatic carbocycles. The summed E-state index contributed by atoms with van der Waals surface area (Å²) < 4.78 is 0. The molecule has 5 heteroatoms. The van der Waals surface area contributed by atoms with Crippen LogP contribution in [0.2, 0.25) is 0 Å². The molecule has 2 aromatic rings. The number of carbonyl (C=O) groups excluding carboxylic acids is 1. The Kier molecular flexibility index (Phi) is 3.43. The number of anilines is 2. The Morgan fingerprint density at radius 3 is 2.89 bits per heavy atom. The molecule has 2 rings (SSSR count). The van der Waals surface area contributed by atoms with Crippen molar-refractivity contribution in [2.75, 3.05) is 11.1 Å². The summed E-state index contributed by atoms with van der Waals surface area (Å²) in [6.07, 6.45) is 1.68. The van der Waals surface area contributed by atoms with Crippen molar-refractivity contribution in [3.05, 3.63) is 48.2 Å². The van der Waals surface area contributed by atoms with Crippen molar-refractivity contribution in [1.29, 1.82) is 0 Å². The van der Waals surface area contributed by atoms with Crippen LogP contribution in [0.4, 0.5) is 11.5 Å². The van der Waals surface area contributed by atoms with Gasteiger partial charge in [0.1, 0.15) is 0 Å². The highest BCUT2D eigenvalue weighted by Crippen LogP contribution is 2.18. The van der Waals surface area contributed by atoms with Crippen LogP contribution < -0.4 is 11.1 Å². The minimum absolute atomic E-state index is 0.0570. The molecule has 0 saturated carbocycles. The van der Waals surface area contributed by atoms with E-state index in [1.165, 1.54) is 12.3 Å². The molecule has 0 atom stereocenters. The summed E-state index contributed by atoms with van der Waals surface area (Å²) in [6.45, 7) is 0. The number of aromatic nitrogens is 1. The van der Waals surface area contributed by atoms with Crippen molar-refractivity contribution >= 4 is 17.4 Å². The summed E-state index contributed by atoms with van der Waals surface area (Å²) >= 11 is 0. The van der Waals surface area contributed by atoms with Crippen molar-refractivity contribution in [2.24, 2.45) is 0 Å². The third-order valence-corrected chi connectivity index (χ3v) is 2.36. The van der Waals surface area contributed by atoms with Gasteiger partial charge in [0.25, 0.3) is 0 Å². The standard InChI is InChI=1S/C13H13N3O2/c14-10-4-1-3-9(7-10)8-12(18)16-13-11(17)5-2-6-15-13/h1-7,17H,8,14H2,(H,15,16,18). The molecule has 1 aromatic heterocycles. The number of nitrogens with one attached hydrogen (secondary N) is 1. The van der Waals surface area contributed by atoms with Crippen LogP contribution in [0.1, 0.15) is 5.56 Å². The van der Waals surface area contributed by atoms with Gasteiger partial charge in [0.15, 0.2) is 11.6 Å². The van der Waals surface area contributed by atoms with Gasteiger partial charge < -0.3 is 16.2 Å². The van der Waals surface area contributed by atoms with E-state index in [-0.39, 0.29) is 23.9 Å². The molecule has 0 fully saturated rings. The third kappa shape index (κ3) is 2.98. The molecule has 1 aromatic carbocycles. The van der Waals surface area contributed by atoms with Crippen LogP contribution >= 0.6 is 0 Å². The average Bonchev–Trinajstić information content (AvgIpc) is 2.32. The van der Waals surface area contributed by atoms with Gasteiger partial charge in [-0.1, -0.05) is 12.1 Å². The number of nitrogens with zero attached hydrogens (tertiary/aromatic N) is 1. The van der Waals surface area contributed by atoms with Crippen LogP contribution in [0.3, 0.4) is 0 Å². The second-order valence-electron chi connectivity index (χ2n) is 3.84. The molecule has 0 aliphatic heterocycles. The average molecular weight is 243 g/mol. The first-order chi connectivity index (χ1) is 8.65. The van der Waals surface area contributed by atoms with Gasteiger partial charge in [-0.05, 0) is 29.8 Å². The first kappa shape index (κ1) is 11.9. The zero-order chi connectivity index (χ0) is 13.0.